The third-order valence-corrected chi connectivity index (χ3v) is 3.55. The molecule has 2 N–H and O–H groups in total. The molecule has 0 bridgehead atoms. The number of rotatable bonds is 6. The maximum Gasteiger partial charge on any atom is 0.357 e. The van der Waals surface area contributed by atoms with Crippen LogP contribution in [0.5, 0.6) is 0 Å². The minimum atomic E-state index is -0.484. The lowest BCUT2D eigenvalue weighted by molar-refractivity contribution is 0.722. The first kappa shape index (κ1) is 16.7. The average molecular weight is 342 g/mol. The summed E-state index contributed by atoms with van der Waals surface area (Å²) in [4.78, 5) is 20.6. The number of hydrazine groups is 1. The second-order valence-corrected chi connectivity index (χ2v) is 5.37. The fourth-order valence-corrected chi connectivity index (χ4v) is 2.50. The van der Waals surface area contributed by atoms with Crippen LogP contribution < -0.4 is 16.5 Å². The van der Waals surface area contributed by atoms with E-state index in [0.29, 0.717) is 28.0 Å². The van der Waals surface area contributed by atoms with Crippen molar-refractivity contribution in [3.63, 3.8) is 0 Å². The molecule has 0 amide bonds. The topological polar surface area (TPSA) is 71.8 Å². The second-order valence-electron chi connectivity index (χ2n) is 4.56. The molecule has 0 unspecified atom stereocenters. The van der Waals surface area contributed by atoms with Crippen molar-refractivity contribution in [2.45, 2.75) is 26.7 Å². The van der Waals surface area contributed by atoms with E-state index in [2.05, 4.69) is 20.8 Å². The third-order valence-electron chi connectivity index (χ3n) is 2.94. The first-order chi connectivity index (χ1) is 10.6. The molecule has 2 rings (SSSR count). The minimum absolute atomic E-state index is 0.231. The summed E-state index contributed by atoms with van der Waals surface area (Å²) in [5.41, 5.74) is 5.67. The molecule has 0 saturated carbocycles. The van der Waals surface area contributed by atoms with Crippen LogP contribution in [-0.4, -0.2) is 21.1 Å². The van der Waals surface area contributed by atoms with Crippen LogP contribution in [0.15, 0.2) is 23.0 Å². The smallest absolute Gasteiger partial charge is 0.289 e. The summed E-state index contributed by atoms with van der Waals surface area (Å²) in [6, 6.07) is 5.06. The van der Waals surface area contributed by atoms with Gasteiger partial charge in [0.2, 0.25) is 5.95 Å². The van der Waals surface area contributed by atoms with Gasteiger partial charge in [-0.25, -0.2) is 14.8 Å². The second kappa shape index (κ2) is 7.58. The highest BCUT2D eigenvalue weighted by Gasteiger charge is 2.16. The van der Waals surface area contributed by atoms with Crippen LogP contribution in [0.25, 0.3) is 5.69 Å². The van der Waals surface area contributed by atoms with Crippen molar-refractivity contribution in [2.24, 2.45) is 0 Å². The molecule has 2 aromatic rings. The van der Waals surface area contributed by atoms with Gasteiger partial charge in [-0.3, -0.25) is 5.43 Å². The molecule has 6 nitrogen and oxygen atoms in total. The molecular formula is C14H17Cl2N5O. The number of halogens is 2. The molecular weight excluding hydrogens is 325 g/mol. The van der Waals surface area contributed by atoms with E-state index in [-0.39, 0.29) is 5.95 Å². The first-order valence-electron chi connectivity index (χ1n) is 7.01. The molecule has 0 aliphatic carbocycles. The zero-order valence-corrected chi connectivity index (χ0v) is 13.9. The van der Waals surface area contributed by atoms with E-state index in [1.807, 2.05) is 13.8 Å². The van der Waals surface area contributed by atoms with Crippen molar-refractivity contribution in [3.8, 4) is 5.69 Å². The molecule has 0 radical (unpaired) electrons. The molecule has 0 aliphatic rings. The Morgan fingerprint density at radius 1 is 1.18 bits per heavy atom. The predicted octanol–water partition coefficient (Wildman–Crippen LogP) is 2.82. The lowest BCUT2D eigenvalue weighted by atomic mass is 10.3. The molecule has 0 atom stereocenters. The Balaban J connectivity index is 2.51. The summed E-state index contributed by atoms with van der Waals surface area (Å²) in [6.45, 7) is 4.67. The van der Waals surface area contributed by atoms with Crippen LogP contribution in [0.4, 0.5) is 5.95 Å². The van der Waals surface area contributed by atoms with E-state index >= 15 is 0 Å². The van der Waals surface area contributed by atoms with Crippen LogP contribution in [0.2, 0.25) is 10.0 Å². The zero-order chi connectivity index (χ0) is 16.1. The number of nitrogens with one attached hydrogen (secondary N) is 2. The van der Waals surface area contributed by atoms with E-state index in [0.717, 1.165) is 13.0 Å². The van der Waals surface area contributed by atoms with E-state index in [1.54, 1.807) is 18.2 Å². The number of para-hydroxylation sites is 1. The number of aromatic nitrogens is 3. The van der Waals surface area contributed by atoms with Gasteiger partial charge in [0.05, 0.1) is 15.7 Å². The Hall–Kier alpha value is -1.63. The van der Waals surface area contributed by atoms with Gasteiger partial charge in [-0.1, -0.05) is 43.1 Å². The van der Waals surface area contributed by atoms with Gasteiger partial charge in [0.25, 0.3) is 0 Å². The molecule has 8 heteroatoms. The van der Waals surface area contributed by atoms with Gasteiger partial charge in [0, 0.05) is 13.0 Å². The molecule has 1 aromatic carbocycles. The fourth-order valence-electron chi connectivity index (χ4n) is 1.94. The Bertz CT molecular complexity index is 697. The SMILES string of the molecule is CCCNNc1nc(CC)n(-c2c(Cl)cccc2Cl)c(=O)n1. The molecule has 1 heterocycles. The quantitative estimate of drug-likeness (QED) is 0.624. The minimum Gasteiger partial charge on any atom is -0.289 e. The molecule has 118 valence electrons. The van der Waals surface area contributed by atoms with Gasteiger partial charge in [-0.15, -0.1) is 0 Å². The number of benzene rings is 1. The highest BCUT2D eigenvalue weighted by atomic mass is 35.5. The largest absolute Gasteiger partial charge is 0.357 e. The lowest BCUT2D eigenvalue weighted by Gasteiger charge is -2.14. The van der Waals surface area contributed by atoms with Crippen molar-refractivity contribution in [1.29, 1.82) is 0 Å². The van der Waals surface area contributed by atoms with Gasteiger partial charge in [0.1, 0.15) is 5.82 Å². The number of aryl methyl sites for hydroxylation is 1. The maximum atomic E-state index is 12.4. The van der Waals surface area contributed by atoms with Crippen molar-refractivity contribution < 1.29 is 0 Å². The number of hydrogen-bond acceptors (Lipinski definition) is 5. The van der Waals surface area contributed by atoms with Crippen LogP contribution in [0.3, 0.4) is 0 Å². The van der Waals surface area contributed by atoms with E-state index < -0.39 is 5.69 Å². The highest BCUT2D eigenvalue weighted by Crippen LogP contribution is 2.28. The summed E-state index contributed by atoms with van der Waals surface area (Å²) < 4.78 is 1.34. The number of hydrogen-bond donors (Lipinski definition) is 2. The van der Waals surface area contributed by atoms with Crippen LogP contribution in [0, 0.1) is 0 Å². The van der Waals surface area contributed by atoms with Gasteiger partial charge in [-0.05, 0) is 18.6 Å². The van der Waals surface area contributed by atoms with E-state index in [1.165, 1.54) is 4.57 Å². The number of anilines is 1. The monoisotopic (exact) mass is 341 g/mol. The first-order valence-corrected chi connectivity index (χ1v) is 7.77. The Morgan fingerprint density at radius 2 is 1.86 bits per heavy atom. The Kier molecular flexibility index (Phi) is 5.76. The molecule has 22 heavy (non-hydrogen) atoms. The zero-order valence-electron chi connectivity index (χ0n) is 12.4. The predicted molar refractivity (Wildman–Crippen MR) is 88.9 cm³/mol. The fraction of sp³-hybridized carbons (Fsp3) is 0.357. The van der Waals surface area contributed by atoms with Gasteiger partial charge in [-0.2, -0.15) is 9.97 Å². The number of nitrogens with zero attached hydrogens (tertiary/aromatic N) is 3. The summed E-state index contributed by atoms with van der Waals surface area (Å²) in [5, 5.41) is 0.746. The molecule has 0 fully saturated rings. The van der Waals surface area contributed by atoms with Gasteiger partial charge >= 0.3 is 5.69 Å². The lowest BCUT2D eigenvalue weighted by Crippen LogP contribution is -2.31. The molecule has 1 aromatic heterocycles. The molecule has 0 saturated heterocycles. The van der Waals surface area contributed by atoms with Crippen LogP contribution >= 0.6 is 23.2 Å². The highest BCUT2D eigenvalue weighted by molar-refractivity contribution is 6.37. The average Bonchev–Trinajstić information content (AvgIpc) is 2.48. The Morgan fingerprint density at radius 3 is 2.45 bits per heavy atom. The molecule has 0 spiro atoms. The van der Waals surface area contributed by atoms with E-state index in [4.69, 9.17) is 23.2 Å². The van der Waals surface area contributed by atoms with Crippen molar-refractivity contribution in [2.75, 3.05) is 12.0 Å². The van der Waals surface area contributed by atoms with E-state index in [9.17, 15) is 4.79 Å². The van der Waals surface area contributed by atoms with Crippen LogP contribution in [0.1, 0.15) is 26.1 Å². The summed E-state index contributed by atoms with van der Waals surface area (Å²) in [7, 11) is 0. The summed E-state index contributed by atoms with van der Waals surface area (Å²) >= 11 is 12.4. The standard InChI is InChI=1S/C14H17Cl2N5O/c1-3-8-17-20-13-18-11(4-2)21(14(22)19-13)12-9(15)6-5-7-10(12)16/h5-7,17H,3-4,8H2,1-2H3,(H,19,20,22). The summed E-state index contributed by atoms with van der Waals surface area (Å²) in [5.74, 6) is 0.755. The van der Waals surface area contributed by atoms with Gasteiger partial charge < -0.3 is 0 Å². The molecule has 0 aliphatic heterocycles. The normalized spacial score (nSPS) is 10.7. The van der Waals surface area contributed by atoms with Crippen molar-refractivity contribution in [3.05, 3.63) is 44.6 Å². The van der Waals surface area contributed by atoms with Crippen LogP contribution in [-0.2, 0) is 6.42 Å². The van der Waals surface area contributed by atoms with Crippen molar-refractivity contribution >= 4 is 29.2 Å². The maximum absolute atomic E-state index is 12.4. The van der Waals surface area contributed by atoms with Crippen molar-refractivity contribution in [1.82, 2.24) is 20.0 Å². The Labute approximate surface area is 138 Å². The van der Waals surface area contributed by atoms with Gasteiger partial charge in [0.15, 0.2) is 0 Å². The third kappa shape index (κ3) is 3.58. The summed E-state index contributed by atoms with van der Waals surface area (Å²) in [6.07, 6.45) is 1.47.